The third-order valence-corrected chi connectivity index (χ3v) is 4.59. The molecule has 0 unspecified atom stereocenters. The third kappa shape index (κ3) is 4.13. The van der Waals surface area contributed by atoms with Crippen LogP contribution in [-0.2, 0) is 11.0 Å². The first kappa shape index (κ1) is 18.2. The second-order valence-corrected chi connectivity index (χ2v) is 6.85. The van der Waals surface area contributed by atoms with Crippen LogP contribution in [0, 0.1) is 0 Å². The number of carbonyl (C=O) groups is 1. The monoisotopic (exact) mass is 377 g/mol. The molecule has 1 heterocycles. The lowest BCUT2D eigenvalue weighted by atomic mass is 10.1. The van der Waals surface area contributed by atoms with Gasteiger partial charge in [-0.2, -0.15) is 13.2 Å². The molecule has 2 aromatic carbocycles. The summed E-state index contributed by atoms with van der Waals surface area (Å²) >= 11 is 1.13. The summed E-state index contributed by atoms with van der Waals surface area (Å²) in [5.74, 6) is -0.540. The third-order valence-electron chi connectivity index (χ3n) is 3.58. The van der Waals surface area contributed by atoms with Crippen molar-refractivity contribution in [3.63, 3.8) is 0 Å². The van der Waals surface area contributed by atoms with E-state index in [1.54, 1.807) is 19.2 Å². The molecular weight excluding hydrogens is 363 g/mol. The zero-order chi connectivity index (χ0) is 18.7. The highest BCUT2D eigenvalue weighted by molar-refractivity contribution is 8.00. The van der Waals surface area contributed by atoms with Gasteiger partial charge in [0.05, 0.1) is 33.7 Å². The second-order valence-electron chi connectivity index (χ2n) is 5.49. The molecule has 0 fully saturated rings. The van der Waals surface area contributed by atoms with Crippen LogP contribution in [0.5, 0.6) is 0 Å². The topological polar surface area (TPSA) is 54.9 Å². The maximum Gasteiger partial charge on any atom is 0.418 e. The number of nitrogens with zero attached hydrogens (tertiary/aromatic N) is 2. The van der Waals surface area contributed by atoms with Gasteiger partial charge in [-0.3, -0.25) is 9.78 Å². The lowest BCUT2D eigenvalue weighted by Gasteiger charge is -2.16. The Morgan fingerprint density at radius 3 is 2.46 bits per heavy atom. The van der Waals surface area contributed by atoms with Crippen molar-refractivity contribution in [3.8, 4) is 0 Å². The summed E-state index contributed by atoms with van der Waals surface area (Å²) < 4.78 is 39.1. The van der Waals surface area contributed by atoms with Crippen LogP contribution in [-0.4, -0.2) is 21.1 Å². The molecule has 0 bridgehead atoms. The lowest BCUT2D eigenvalue weighted by molar-refractivity contribution is -0.137. The first-order chi connectivity index (χ1) is 12.3. The largest absolute Gasteiger partial charge is 0.418 e. The van der Waals surface area contributed by atoms with Crippen molar-refractivity contribution in [1.82, 2.24) is 9.97 Å². The SMILES string of the molecule is C[C@H](Sc1cnc2ccccc2n1)C(=O)Nc1ccccc1C(F)(F)F. The average Bonchev–Trinajstić information content (AvgIpc) is 2.61. The summed E-state index contributed by atoms with van der Waals surface area (Å²) in [6, 6.07) is 12.2. The van der Waals surface area contributed by atoms with E-state index in [9.17, 15) is 18.0 Å². The van der Waals surface area contributed by atoms with Crippen molar-refractivity contribution in [2.24, 2.45) is 0 Å². The van der Waals surface area contributed by atoms with Crippen LogP contribution in [0.3, 0.4) is 0 Å². The molecule has 0 aliphatic rings. The summed E-state index contributed by atoms with van der Waals surface area (Å²) in [5.41, 5.74) is 0.277. The van der Waals surface area contributed by atoms with Gasteiger partial charge in [-0.15, -0.1) is 0 Å². The first-order valence-electron chi connectivity index (χ1n) is 7.70. The smallest absolute Gasteiger partial charge is 0.325 e. The van der Waals surface area contributed by atoms with Gasteiger partial charge < -0.3 is 5.32 Å². The summed E-state index contributed by atoms with van der Waals surface area (Å²) in [7, 11) is 0. The van der Waals surface area contributed by atoms with Crippen molar-refractivity contribution < 1.29 is 18.0 Å². The molecule has 0 saturated heterocycles. The summed E-state index contributed by atoms with van der Waals surface area (Å²) in [4.78, 5) is 21.0. The van der Waals surface area contributed by atoms with Gasteiger partial charge in [0, 0.05) is 0 Å². The number of fused-ring (bicyclic) bond motifs is 1. The minimum Gasteiger partial charge on any atom is -0.325 e. The Hall–Kier alpha value is -2.61. The number of para-hydroxylation sites is 3. The number of halogens is 3. The molecule has 3 aromatic rings. The maximum absolute atomic E-state index is 13.0. The Balaban J connectivity index is 1.74. The van der Waals surface area contributed by atoms with Crippen LogP contribution in [0.15, 0.2) is 59.8 Å². The van der Waals surface area contributed by atoms with Crippen LogP contribution in [0.4, 0.5) is 18.9 Å². The minimum absolute atomic E-state index is 0.262. The predicted octanol–water partition coefficient (Wildman–Crippen LogP) is 4.77. The van der Waals surface area contributed by atoms with Crippen molar-refractivity contribution in [3.05, 3.63) is 60.3 Å². The number of hydrogen-bond acceptors (Lipinski definition) is 4. The van der Waals surface area contributed by atoms with Crippen LogP contribution in [0.25, 0.3) is 11.0 Å². The van der Waals surface area contributed by atoms with E-state index >= 15 is 0 Å². The molecule has 0 aliphatic heterocycles. The number of nitrogens with one attached hydrogen (secondary N) is 1. The molecule has 1 amide bonds. The molecule has 0 saturated carbocycles. The number of thioether (sulfide) groups is 1. The fourth-order valence-electron chi connectivity index (χ4n) is 2.31. The molecule has 1 N–H and O–H groups in total. The molecule has 0 radical (unpaired) electrons. The first-order valence-corrected chi connectivity index (χ1v) is 8.58. The number of aromatic nitrogens is 2. The van der Waals surface area contributed by atoms with Gasteiger partial charge in [-0.25, -0.2) is 4.98 Å². The number of rotatable bonds is 4. The van der Waals surface area contributed by atoms with Crippen molar-refractivity contribution in [2.75, 3.05) is 5.32 Å². The highest BCUT2D eigenvalue weighted by Gasteiger charge is 2.33. The molecule has 1 atom stereocenters. The van der Waals surface area contributed by atoms with Gasteiger partial charge in [-0.05, 0) is 31.2 Å². The lowest BCUT2D eigenvalue weighted by Crippen LogP contribution is -2.24. The Kier molecular flexibility index (Phi) is 5.13. The van der Waals surface area contributed by atoms with Crippen molar-refractivity contribution in [1.29, 1.82) is 0 Å². The molecular formula is C18H14F3N3OS. The fourth-order valence-corrected chi connectivity index (χ4v) is 3.10. The van der Waals surface area contributed by atoms with E-state index in [-0.39, 0.29) is 5.69 Å². The Morgan fingerprint density at radius 1 is 1.08 bits per heavy atom. The van der Waals surface area contributed by atoms with E-state index in [0.29, 0.717) is 10.5 Å². The van der Waals surface area contributed by atoms with Crippen LogP contribution in [0.1, 0.15) is 12.5 Å². The molecule has 3 rings (SSSR count). The quantitative estimate of drug-likeness (QED) is 0.666. The molecule has 26 heavy (non-hydrogen) atoms. The molecule has 4 nitrogen and oxygen atoms in total. The number of carbonyl (C=O) groups excluding carboxylic acids is 1. The van der Waals surface area contributed by atoms with Crippen molar-refractivity contribution in [2.45, 2.75) is 23.4 Å². The van der Waals surface area contributed by atoms with E-state index in [0.717, 1.165) is 23.3 Å². The van der Waals surface area contributed by atoms with E-state index in [2.05, 4.69) is 15.3 Å². The standard InChI is InChI=1S/C18H14F3N3OS/c1-11(26-16-10-22-14-8-4-5-9-15(14)23-16)17(25)24-13-7-3-2-6-12(13)18(19,20)21/h2-11H,1H3,(H,24,25)/t11-/m0/s1. The predicted molar refractivity (Wildman–Crippen MR) is 94.9 cm³/mol. The van der Waals surface area contributed by atoms with Crippen LogP contribution in [0.2, 0.25) is 0 Å². The zero-order valence-corrected chi connectivity index (χ0v) is 14.4. The van der Waals surface area contributed by atoms with Gasteiger partial charge in [0.1, 0.15) is 5.03 Å². The second kappa shape index (κ2) is 7.33. The van der Waals surface area contributed by atoms with Gasteiger partial charge in [-0.1, -0.05) is 36.0 Å². The van der Waals surface area contributed by atoms with Gasteiger partial charge in [0.15, 0.2) is 0 Å². The van der Waals surface area contributed by atoms with E-state index in [1.807, 2.05) is 18.2 Å². The number of alkyl halides is 3. The Morgan fingerprint density at radius 2 is 1.73 bits per heavy atom. The molecule has 0 aliphatic carbocycles. The molecule has 8 heteroatoms. The summed E-state index contributed by atoms with van der Waals surface area (Å²) in [6.45, 7) is 1.60. The summed E-state index contributed by atoms with van der Waals surface area (Å²) in [5, 5.41) is 2.22. The van der Waals surface area contributed by atoms with Gasteiger partial charge >= 0.3 is 6.18 Å². The summed E-state index contributed by atoms with van der Waals surface area (Å²) in [6.07, 6.45) is -3.00. The number of anilines is 1. The molecule has 1 aromatic heterocycles. The van der Waals surface area contributed by atoms with Crippen LogP contribution >= 0.6 is 11.8 Å². The van der Waals surface area contributed by atoms with E-state index < -0.39 is 22.9 Å². The average molecular weight is 377 g/mol. The number of hydrogen-bond donors (Lipinski definition) is 1. The van der Waals surface area contributed by atoms with Gasteiger partial charge in [0.25, 0.3) is 0 Å². The Labute approximate surface area is 151 Å². The fraction of sp³-hybridized carbons (Fsp3) is 0.167. The van der Waals surface area contributed by atoms with E-state index in [1.165, 1.54) is 18.2 Å². The highest BCUT2D eigenvalue weighted by Crippen LogP contribution is 2.35. The molecule has 0 spiro atoms. The number of amides is 1. The highest BCUT2D eigenvalue weighted by atomic mass is 32.2. The Bertz CT molecular complexity index is 946. The zero-order valence-electron chi connectivity index (χ0n) is 13.6. The number of benzene rings is 2. The van der Waals surface area contributed by atoms with E-state index in [4.69, 9.17) is 0 Å². The van der Waals surface area contributed by atoms with Crippen LogP contribution < -0.4 is 5.32 Å². The normalized spacial score (nSPS) is 12.8. The van der Waals surface area contributed by atoms with Crippen molar-refractivity contribution >= 4 is 34.4 Å². The minimum atomic E-state index is -4.54. The maximum atomic E-state index is 13.0. The molecule has 134 valence electrons. The van der Waals surface area contributed by atoms with Gasteiger partial charge in [0.2, 0.25) is 5.91 Å².